The Balaban J connectivity index is 1.71. The van der Waals surface area contributed by atoms with Crippen LogP contribution in [0.15, 0.2) is 53.9 Å². The summed E-state index contributed by atoms with van der Waals surface area (Å²) in [5.41, 5.74) is -0.426. The van der Waals surface area contributed by atoms with E-state index in [2.05, 4.69) is 19.9 Å². The van der Waals surface area contributed by atoms with Gasteiger partial charge in [-0.25, -0.2) is 18.1 Å². The fraction of sp³-hybridized carbons (Fsp3) is 0.211. The molecule has 3 aromatic heterocycles. The summed E-state index contributed by atoms with van der Waals surface area (Å²) in [5.74, 6) is -0.0104. The lowest BCUT2D eigenvalue weighted by atomic mass is 10.1. The topological polar surface area (TPSA) is 94.7 Å². The van der Waals surface area contributed by atoms with Crippen molar-refractivity contribution in [2.24, 2.45) is 7.05 Å². The highest BCUT2D eigenvalue weighted by atomic mass is 32.2. The molecular weight excluding hydrogens is 433 g/mol. The van der Waals surface area contributed by atoms with Crippen LogP contribution in [-0.4, -0.2) is 33.0 Å². The molecule has 1 aromatic carbocycles. The number of pyridine rings is 1. The van der Waals surface area contributed by atoms with Gasteiger partial charge in [-0.3, -0.25) is 9.40 Å². The Morgan fingerprint density at radius 3 is 2.52 bits per heavy atom. The van der Waals surface area contributed by atoms with Gasteiger partial charge in [-0.2, -0.15) is 23.4 Å². The van der Waals surface area contributed by atoms with Crippen LogP contribution in [0, 0.1) is 0 Å². The molecule has 0 spiro atoms. The third-order valence-corrected chi connectivity index (χ3v) is 5.92. The van der Waals surface area contributed by atoms with Crippen LogP contribution in [0.25, 0.3) is 16.7 Å². The summed E-state index contributed by atoms with van der Waals surface area (Å²) in [6.07, 6.45) is -2.54. The molecule has 0 aliphatic rings. The van der Waals surface area contributed by atoms with Gasteiger partial charge in [-0.15, -0.1) is 0 Å². The van der Waals surface area contributed by atoms with Crippen LogP contribution < -0.4 is 4.72 Å². The molecule has 0 unspecified atom stereocenters. The highest BCUT2D eigenvalue weighted by Gasteiger charge is 2.32. The molecule has 4 aromatic rings. The maximum atomic E-state index is 13.1. The first-order valence-electron chi connectivity index (χ1n) is 9.84. The van der Waals surface area contributed by atoms with E-state index in [9.17, 15) is 21.6 Å². The highest BCUT2D eigenvalue weighted by Crippen LogP contribution is 2.31. The molecule has 0 radical (unpaired) electrons. The van der Waals surface area contributed by atoms with Crippen molar-refractivity contribution >= 4 is 26.6 Å². The van der Waals surface area contributed by atoms with E-state index in [-0.39, 0.29) is 22.0 Å². The molecule has 3 heterocycles. The smallest absolute Gasteiger partial charge is 0.277 e. The number of fused-ring (bicyclic) bond motifs is 1. The molecule has 162 valence electrons. The van der Waals surface area contributed by atoms with E-state index in [1.54, 1.807) is 13.1 Å². The molecular formula is C19H17F3N6O2S. The number of halogens is 3. The van der Waals surface area contributed by atoms with E-state index in [0.717, 1.165) is 17.1 Å². The van der Waals surface area contributed by atoms with Gasteiger partial charge in [-0.05, 0) is 24.1 Å². The van der Waals surface area contributed by atoms with Crippen LogP contribution in [0.1, 0.15) is 20.8 Å². The van der Waals surface area contributed by atoms with Crippen molar-refractivity contribution in [1.82, 2.24) is 24.5 Å². The summed E-state index contributed by atoms with van der Waals surface area (Å²) in [7, 11) is -2.63. The summed E-state index contributed by atoms with van der Waals surface area (Å²) in [4.78, 5) is 3.65. The van der Waals surface area contributed by atoms with Gasteiger partial charge in [0.1, 0.15) is 4.90 Å². The average Bonchev–Trinajstić information content (AvgIpc) is 3.35. The first kappa shape index (κ1) is 18.4. The number of hydrogen-bond donors (Lipinski definition) is 1. The zero-order chi connectivity index (χ0) is 24.2. The number of alkyl halides is 3. The number of hydrogen-bond acceptors (Lipinski definition) is 5. The monoisotopic (exact) mass is 452 g/mol. The first-order chi connectivity index (χ1) is 15.3. The summed E-state index contributed by atoms with van der Waals surface area (Å²) in [6, 6.07) is 5.52. The van der Waals surface area contributed by atoms with Crippen LogP contribution in [0.2, 0.25) is 0 Å². The summed E-state index contributed by atoms with van der Waals surface area (Å²) in [6.45, 7) is 1.30. The first-order valence-corrected chi connectivity index (χ1v) is 10.3. The number of anilines is 1. The lowest BCUT2D eigenvalue weighted by Gasteiger charge is -2.14. The van der Waals surface area contributed by atoms with Crippen LogP contribution in [-0.2, 0) is 29.6 Å². The molecule has 0 fully saturated rings. The predicted octanol–water partition coefficient (Wildman–Crippen LogP) is 3.54. The Kier molecular flexibility index (Phi) is 4.37. The van der Waals surface area contributed by atoms with Gasteiger partial charge in [0, 0.05) is 27.6 Å². The van der Waals surface area contributed by atoms with Gasteiger partial charge in [-0.1, -0.05) is 19.1 Å². The quantitative estimate of drug-likeness (QED) is 0.500. The Bertz CT molecular complexity index is 1440. The van der Waals surface area contributed by atoms with Gasteiger partial charge < -0.3 is 0 Å². The molecule has 31 heavy (non-hydrogen) atoms. The van der Waals surface area contributed by atoms with Crippen LogP contribution >= 0.6 is 0 Å². The third kappa shape index (κ3) is 3.85. The molecule has 1 N–H and O–H groups in total. The molecule has 0 bridgehead atoms. The van der Waals surface area contributed by atoms with Gasteiger partial charge in [0.15, 0.2) is 5.82 Å². The number of nitrogens with one attached hydrogen (secondary N) is 1. The maximum absolute atomic E-state index is 13.1. The average molecular weight is 452 g/mol. The van der Waals surface area contributed by atoms with Crippen molar-refractivity contribution in [3.63, 3.8) is 0 Å². The standard InChI is InChI=1S/C19H17F3N6O2S/c1-3-12-4-5-13-8-24-27(2)18(13)17(12)26-31(29,30)15-6-7-16(23-10-15)28-11-14(9-25-28)19(20,21)22/h4-11,26H,3H2,1-2H3/i3D2. The van der Waals surface area contributed by atoms with Crippen molar-refractivity contribution in [2.45, 2.75) is 24.4 Å². The second-order valence-corrected chi connectivity index (χ2v) is 8.26. The lowest BCUT2D eigenvalue weighted by molar-refractivity contribution is -0.137. The fourth-order valence-electron chi connectivity index (χ4n) is 3.03. The normalized spacial score (nSPS) is 13.8. The molecule has 4 rings (SSSR count). The highest BCUT2D eigenvalue weighted by molar-refractivity contribution is 7.92. The summed E-state index contributed by atoms with van der Waals surface area (Å²) >= 11 is 0. The Hall–Kier alpha value is -3.41. The predicted molar refractivity (Wildman–Crippen MR) is 107 cm³/mol. The lowest BCUT2D eigenvalue weighted by Crippen LogP contribution is -2.16. The van der Waals surface area contributed by atoms with E-state index >= 15 is 0 Å². The Morgan fingerprint density at radius 2 is 1.90 bits per heavy atom. The SMILES string of the molecule is [2H]C([2H])(C)c1ccc2cnn(C)c2c1NS(=O)(=O)c1ccc(-n2cc(C(F)(F)F)cn2)nc1. The Labute approximate surface area is 178 Å². The molecule has 0 amide bonds. The van der Waals surface area contributed by atoms with Crippen LogP contribution in [0.4, 0.5) is 18.9 Å². The third-order valence-electron chi connectivity index (χ3n) is 4.58. The number of aryl methyl sites for hydroxylation is 2. The molecule has 0 aliphatic heterocycles. The zero-order valence-corrected chi connectivity index (χ0v) is 17.0. The molecule has 0 saturated heterocycles. The van der Waals surface area contributed by atoms with Gasteiger partial charge in [0.25, 0.3) is 10.0 Å². The number of sulfonamides is 1. The second kappa shape index (κ2) is 7.38. The largest absolute Gasteiger partial charge is 0.419 e. The van der Waals surface area contributed by atoms with Gasteiger partial charge >= 0.3 is 6.18 Å². The molecule has 0 aliphatic carbocycles. The minimum Gasteiger partial charge on any atom is -0.277 e. The fourth-order valence-corrected chi connectivity index (χ4v) is 4.06. The Morgan fingerprint density at radius 1 is 1.13 bits per heavy atom. The maximum Gasteiger partial charge on any atom is 0.419 e. The van der Waals surface area contributed by atoms with Crippen molar-refractivity contribution in [3.8, 4) is 5.82 Å². The number of aromatic nitrogens is 5. The van der Waals surface area contributed by atoms with Crippen molar-refractivity contribution < 1.29 is 24.3 Å². The van der Waals surface area contributed by atoms with E-state index < -0.39 is 28.1 Å². The van der Waals surface area contributed by atoms with E-state index in [1.807, 2.05) is 0 Å². The minimum atomic E-state index is -4.57. The van der Waals surface area contributed by atoms with Gasteiger partial charge in [0.05, 0.1) is 29.2 Å². The molecule has 0 saturated carbocycles. The number of benzene rings is 1. The summed E-state index contributed by atoms with van der Waals surface area (Å²) < 4.78 is 85.4. The number of nitrogens with zero attached hydrogens (tertiary/aromatic N) is 5. The number of rotatable bonds is 5. The van der Waals surface area contributed by atoms with E-state index in [1.165, 1.54) is 36.0 Å². The van der Waals surface area contributed by atoms with Crippen molar-refractivity contribution in [1.29, 1.82) is 0 Å². The summed E-state index contributed by atoms with van der Waals surface area (Å²) in [5, 5.41) is 8.32. The van der Waals surface area contributed by atoms with E-state index in [0.29, 0.717) is 17.1 Å². The van der Waals surface area contributed by atoms with Crippen molar-refractivity contribution in [3.05, 3.63) is 60.2 Å². The molecule has 0 atom stereocenters. The van der Waals surface area contributed by atoms with Gasteiger partial charge in [0.2, 0.25) is 0 Å². The van der Waals surface area contributed by atoms with E-state index in [4.69, 9.17) is 2.74 Å². The van der Waals surface area contributed by atoms with Crippen LogP contribution in [0.3, 0.4) is 0 Å². The second-order valence-electron chi connectivity index (χ2n) is 6.57. The minimum absolute atomic E-state index is 0.0104. The van der Waals surface area contributed by atoms with Crippen LogP contribution in [0.5, 0.6) is 0 Å². The molecule has 12 heteroatoms. The van der Waals surface area contributed by atoms with Crippen molar-refractivity contribution in [2.75, 3.05) is 4.72 Å². The zero-order valence-electron chi connectivity index (χ0n) is 18.2. The molecule has 8 nitrogen and oxygen atoms in total.